The van der Waals surface area contributed by atoms with E-state index in [9.17, 15) is 0 Å². The molecule has 0 aliphatic rings. The van der Waals surface area contributed by atoms with Gasteiger partial charge in [0.05, 0.1) is 24.5 Å². The third kappa shape index (κ3) is 3.02. The van der Waals surface area contributed by atoms with Crippen LogP contribution >= 0.6 is 23.1 Å². The van der Waals surface area contributed by atoms with Gasteiger partial charge in [0, 0.05) is 22.9 Å². The van der Waals surface area contributed by atoms with Crippen molar-refractivity contribution >= 4 is 28.6 Å². The van der Waals surface area contributed by atoms with Crippen LogP contribution in [-0.4, -0.2) is 21.5 Å². The Hall–Kier alpha value is -2.31. The van der Waals surface area contributed by atoms with E-state index in [1.807, 2.05) is 42.7 Å². The molecule has 4 aromatic rings. The van der Waals surface area contributed by atoms with Crippen molar-refractivity contribution in [2.45, 2.75) is 10.9 Å². The molecule has 0 N–H and O–H groups in total. The van der Waals surface area contributed by atoms with Crippen LogP contribution in [0.4, 0.5) is 0 Å². The van der Waals surface area contributed by atoms with Gasteiger partial charge in [0.1, 0.15) is 10.8 Å². The van der Waals surface area contributed by atoms with Gasteiger partial charge >= 0.3 is 0 Å². The van der Waals surface area contributed by atoms with Crippen molar-refractivity contribution in [2.24, 2.45) is 0 Å². The third-order valence-corrected chi connectivity index (χ3v) is 5.56. The van der Waals surface area contributed by atoms with Gasteiger partial charge in [0.15, 0.2) is 5.16 Å². The number of rotatable bonds is 5. The Balaban J connectivity index is 1.51. The van der Waals surface area contributed by atoms with Gasteiger partial charge in [-0.15, -0.1) is 11.3 Å². The molecule has 0 saturated carbocycles. The summed E-state index contributed by atoms with van der Waals surface area (Å²) in [5.74, 6) is 1.65. The van der Waals surface area contributed by atoms with Crippen LogP contribution in [0, 0.1) is 0 Å². The molecule has 6 heteroatoms. The maximum Gasteiger partial charge on any atom is 0.172 e. The number of methoxy groups -OCH3 is 1. The zero-order valence-electron chi connectivity index (χ0n) is 13.0. The fourth-order valence-corrected chi connectivity index (χ4v) is 4.21. The lowest BCUT2D eigenvalue weighted by Crippen LogP contribution is -1.88. The second kappa shape index (κ2) is 6.67. The molecule has 1 aromatic carbocycles. The number of hydrogen-bond acceptors (Lipinski definition) is 5. The van der Waals surface area contributed by atoms with Crippen LogP contribution in [0.1, 0.15) is 5.69 Å². The maximum absolute atomic E-state index is 5.28. The van der Waals surface area contributed by atoms with Crippen molar-refractivity contribution in [1.29, 1.82) is 0 Å². The maximum atomic E-state index is 5.28. The lowest BCUT2D eigenvalue weighted by atomic mass is 10.2. The average molecular weight is 353 g/mol. The van der Waals surface area contributed by atoms with Gasteiger partial charge in [0.2, 0.25) is 0 Å². The van der Waals surface area contributed by atoms with Crippen molar-refractivity contribution in [1.82, 2.24) is 14.4 Å². The molecule has 4 rings (SSSR count). The fourth-order valence-electron chi connectivity index (χ4n) is 2.43. The predicted octanol–water partition coefficient (Wildman–Crippen LogP) is 4.76. The van der Waals surface area contributed by atoms with Crippen molar-refractivity contribution in [2.75, 3.05) is 7.11 Å². The van der Waals surface area contributed by atoms with Crippen LogP contribution in [0.5, 0.6) is 5.75 Å². The number of hydrogen-bond donors (Lipinski definition) is 0. The number of imidazole rings is 1. The summed E-state index contributed by atoms with van der Waals surface area (Å²) in [6.07, 6.45) is 3.93. The summed E-state index contributed by atoms with van der Waals surface area (Å²) in [5, 5.41) is 4.11. The third-order valence-electron chi connectivity index (χ3n) is 3.62. The zero-order chi connectivity index (χ0) is 16.4. The van der Waals surface area contributed by atoms with Crippen LogP contribution in [0.25, 0.3) is 16.1 Å². The van der Waals surface area contributed by atoms with Gasteiger partial charge in [-0.3, -0.25) is 4.40 Å². The van der Waals surface area contributed by atoms with E-state index in [0.717, 1.165) is 38.4 Å². The molecule has 0 bridgehead atoms. The molecule has 3 aromatic heterocycles. The Morgan fingerprint density at radius 1 is 1.21 bits per heavy atom. The molecule has 0 amide bonds. The molecule has 0 radical (unpaired) electrons. The first kappa shape index (κ1) is 15.2. The van der Waals surface area contributed by atoms with Crippen LogP contribution in [0.15, 0.2) is 65.4 Å². The largest absolute Gasteiger partial charge is 0.497 e. The van der Waals surface area contributed by atoms with E-state index < -0.39 is 0 Å². The first-order chi connectivity index (χ1) is 11.8. The molecule has 4 nitrogen and oxygen atoms in total. The molecule has 0 unspecified atom stereocenters. The number of aromatic nitrogens is 3. The minimum atomic E-state index is 0.800. The van der Waals surface area contributed by atoms with Crippen LogP contribution in [-0.2, 0) is 5.75 Å². The summed E-state index contributed by atoms with van der Waals surface area (Å²) in [6, 6.07) is 14.1. The number of ether oxygens (including phenoxy) is 1. The number of thioether (sulfide) groups is 1. The van der Waals surface area contributed by atoms with Crippen LogP contribution in [0.2, 0.25) is 0 Å². The quantitative estimate of drug-likeness (QED) is 0.485. The van der Waals surface area contributed by atoms with Crippen LogP contribution < -0.4 is 4.74 Å². The Kier molecular flexibility index (Phi) is 4.23. The van der Waals surface area contributed by atoms with E-state index in [0.29, 0.717) is 0 Å². The monoisotopic (exact) mass is 353 g/mol. The Labute approximate surface area is 148 Å². The summed E-state index contributed by atoms with van der Waals surface area (Å²) in [5.41, 5.74) is 3.26. The predicted molar refractivity (Wildman–Crippen MR) is 98.9 cm³/mol. The van der Waals surface area contributed by atoms with E-state index >= 15 is 0 Å². The van der Waals surface area contributed by atoms with Crippen LogP contribution in [0.3, 0.4) is 0 Å². The molecule has 24 heavy (non-hydrogen) atoms. The van der Waals surface area contributed by atoms with E-state index in [-0.39, 0.29) is 0 Å². The second-order valence-electron chi connectivity index (χ2n) is 5.20. The molecule has 120 valence electrons. The van der Waals surface area contributed by atoms with E-state index in [1.165, 1.54) is 0 Å². The van der Waals surface area contributed by atoms with Crippen molar-refractivity contribution in [3.05, 3.63) is 65.9 Å². The molecule has 0 saturated heterocycles. The number of benzene rings is 1. The Morgan fingerprint density at radius 3 is 3.08 bits per heavy atom. The summed E-state index contributed by atoms with van der Waals surface area (Å²) >= 11 is 3.35. The standard InChI is InChI=1S/C18H15N3OS2/c1-22-16-7-4-5-13(9-16)17-20-14(11-23-17)12-24-18-19-10-15-6-2-3-8-21(15)18/h2-11H,12H2,1H3. The topological polar surface area (TPSA) is 39.4 Å². The summed E-state index contributed by atoms with van der Waals surface area (Å²) < 4.78 is 7.38. The highest BCUT2D eigenvalue weighted by molar-refractivity contribution is 7.98. The molecular weight excluding hydrogens is 338 g/mol. The first-order valence-corrected chi connectivity index (χ1v) is 9.34. The van der Waals surface area contributed by atoms with Gasteiger partial charge in [-0.2, -0.15) is 0 Å². The van der Waals surface area contributed by atoms with E-state index in [2.05, 4.69) is 26.9 Å². The highest BCUT2D eigenvalue weighted by atomic mass is 32.2. The zero-order valence-corrected chi connectivity index (χ0v) is 14.7. The molecule has 0 spiro atoms. The molecule has 0 aliphatic carbocycles. The SMILES string of the molecule is COc1cccc(-c2nc(CSc3ncc4ccccn34)cs2)c1. The summed E-state index contributed by atoms with van der Waals surface area (Å²) in [7, 11) is 1.68. The number of nitrogens with zero attached hydrogens (tertiary/aromatic N) is 3. The number of pyridine rings is 1. The normalized spacial score (nSPS) is 11.0. The molecule has 3 heterocycles. The lowest BCUT2D eigenvalue weighted by molar-refractivity contribution is 0.415. The highest BCUT2D eigenvalue weighted by Gasteiger charge is 2.08. The van der Waals surface area contributed by atoms with Crippen molar-refractivity contribution in [3.63, 3.8) is 0 Å². The van der Waals surface area contributed by atoms with Gasteiger partial charge in [-0.05, 0) is 24.3 Å². The van der Waals surface area contributed by atoms with E-state index in [4.69, 9.17) is 9.72 Å². The fraction of sp³-hybridized carbons (Fsp3) is 0.111. The summed E-state index contributed by atoms with van der Waals surface area (Å²) in [4.78, 5) is 9.22. The Morgan fingerprint density at radius 2 is 2.17 bits per heavy atom. The molecule has 0 atom stereocenters. The first-order valence-electron chi connectivity index (χ1n) is 7.47. The van der Waals surface area contributed by atoms with Gasteiger partial charge in [-0.25, -0.2) is 9.97 Å². The lowest BCUT2D eigenvalue weighted by Gasteiger charge is -2.01. The Bertz CT molecular complexity index is 977. The van der Waals surface area contributed by atoms with Crippen molar-refractivity contribution < 1.29 is 4.74 Å². The molecular formula is C18H15N3OS2. The van der Waals surface area contributed by atoms with Gasteiger partial charge in [-0.1, -0.05) is 30.0 Å². The van der Waals surface area contributed by atoms with Crippen molar-refractivity contribution in [3.8, 4) is 16.3 Å². The molecule has 0 aliphatic heterocycles. The number of fused-ring (bicyclic) bond motifs is 1. The van der Waals surface area contributed by atoms with Gasteiger partial charge in [0.25, 0.3) is 0 Å². The average Bonchev–Trinajstić information content (AvgIpc) is 3.27. The highest BCUT2D eigenvalue weighted by Crippen LogP contribution is 2.29. The second-order valence-corrected chi connectivity index (χ2v) is 7.00. The molecule has 0 fully saturated rings. The van der Waals surface area contributed by atoms with Gasteiger partial charge < -0.3 is 4.74 Å². The van der Waals surface area contributed by atoms with E-state index in [1.54, 1.807) is 30.2 Å². The minimum absolute atomic E-state index is 0.800. The number of thiazole rings is 1. The smallest absolute Gasteiger partial charge is 0.172 e. The minimum Gasteiger partial charge on any atom is -0.497 e. The summed E-state index contributed by atoms with van der Waals surface area (Å²) in [6.45, 7) is 0.